The van der Waals surface area contributed by atoms with Crippen LogP contribution in [-0.2, 0) is 0 Å². The highest BCUT2D eigenvalue weighted by Crippen LogP contribution is 2.19. The van der Waals surface area contributed by atoms with Gasteiger partial charge in [-0.3, -0.25) is 4.79 Å². The summed E-state index contributed by atoms with van der Waals surface area (Å²) in [5, 5.41) is 0. The summed E-state index contributed by atoms with van der Waals surface area (Å²) in [5.41, 5.74) is 0.0694. The minimum Gasteiger partial charge on any atom is -0.339 e. The van der Waals surface area contributed by atoms with E-state index in [-0.39, 0.29) is 11.1 Å². The van der Waals surface area contributed by atoms with E-state index in [1.165, 1.54) is 19.1 Å². The molecule has 98 valence electrons. The second-order valence-electron chi connectivity index (χ2n) is 4.76. The van der Waals surface area contributed by atoms with Crippen LogP contribution in [0, 0.1) is 18.6 Å². The number of halogens is 2. The molecule has 0 unspecified atom stereocenters. The van der Waals surface area contributed by atoms with Crippen molar-refractivity contribution in [3.8, 4) is 0 Å². The van der Waals surface area contributed by atoms with E-state index < -0.39 is 17.5 Å². The maximum Gasteiger partial charge on any atom is 0.256 e. The van der Waals surface area contributed by atoms with Gasteiger partial charge >= 0.3 is 0 Å². The number of carbonyl (C=O) groups excluding carboxylic acids is 1. The third kappa shape index (κ3) is 2.52. The Morgan fingerprint density at radius 1 is 1.06 bits per heavy atom. The van der Waals surface area contributed by atoms with Crippen molar-refractivity contribution in [2.24, 2.45) is 0 Å². The molecule has 18 heavy (non-hydrogen) atoms. The fraction of sp³-hybridized carbons (Fsp3) is 0.500. The summed E-state index contributed by atoms with van der Waals surface area (Å²) < 4.78 is 27.2. The van der Waals surface area contributed by atoms with Gasteiger partial charge in [0.15, 0.2) is 11.6 Å². The maximum atomic E-state index is 13.7. The Labute approximate surface area is 106 Å². The lowest BCUT2D eigenvalue weighted by Gasteiger charge is -2.20. The highest BCUT2D eigenvalue weighted by molar-refractivity contribution is 5.94. The zero-order chi connectivity index (χ0) is 13.1. The molecule has 0 aromatic heterocycles. The zero-order valence-corrected chi connectivity index (χ0v) is 10.5. The molecule has 0 atom stereocenters. The van der Waals surface area contributed by atoms with Crippen LogP contribution >= 0.6 is 0 Å². The number of benzene rings is 1. The minimum atomic E-state index is -1.02. The lowest BCUT2D eigenvalue weighted by Crippen LogP contribution is -2.32. The average molecular weight is 253 g/mol. The monoisotopic (exact) mass is 253 g/mol. The van der Waals surface area contributed by atoms with Crippen LogP contribution in [0.5, 0.6) is 0 Å². The Balaban J connectivity index is 2.25. The third-order valence-corrected chi connectivity index (χ3v) is 3.40. The number of hydrogen-bond donors (Lipinski definition) is 0. The molecule has 1 aliphatic heterocycles. The van der Waals surface area contributed by atoms with Gasteiger partial charge in [-0.05, 0) is 31.4 Å². The van der Waals surface area contributed by atoms with Crippen molar-refractivity contribution in [1.82, 2.24) is 4.90 Å². The molecule has 1 amide bonds. The molecule has 2 rings (SSSR count). The normalized spacial score (nSPS) is 16.5. The van der Waals surface area contributed by atoms with E-state index >= 15 is 0 Å². The molecular weight excluding hydrogens is 236 g/mol. The van der Waals surface area contributed by atoms with Crippen LogP contribution in [0.2, 0.25) is 0 Å². The lowest BCUT2D eigenvalue weighted by molar-refractivity contribution is 0.0756. The van der Waals surface area contributed by atoms with E-state index in [0.717, 1.165) is 25.7 Å². The summed E-state index contributed by atoms with van der Waals surface area (Å²) in [5.74, 6) is -2.34. The van der Waals surface area contributed by atoms with Crippen molar-refractivity contribution in [1.29, 1.82) is 0 Å². The van der Waals surface area contributed by atoms with E-state index in [1.807, 2.05) is 0 Å². The van der Waals surface area contributed by atoms with Crippen LogP contribution in [-0.4, -0.2) is 23.9 Å². The Morgan fingerprint density at radius 3 is 2.28 bits per heavy atom. The molecule has 0 N–H and O–H groups in total. The molecule has 1 aliphatic rings. The lowest BCUT2D eigenvalue weighted by atomic mass is 10.1. The molecule has 1 saturated heterocycles. The van der Waals surface area contributed by atoms with Crippen molar-refractivity contribution in [2.45, 2.75) is 32.6 Å². The first-order valence-corrected chi connectivity index (χ1v) is 6.35. The van der Waals surface area contributed by atoms with Crippen molar-refractivity contribution in [2.75, 3.05) is 13.1 Å². The van der Waals surface area contributed by atoms with Crippen LogP contribution in [0.25, 0.3) is 0 Å². The van der Waals surface area contributed by atoms with Gasteiger partial charge in [-0.2, -0.15) is 0 Å². The number of nitrogens with zero attached hydrogens (tertiary/aromatic N) is 1. The number of rotatable bonds is 1. The van der Waals surface area contributed by atoms with Crippen molar-refractivity contribution >= 4 is 5.91 Å². The van der Waals surface area contributed by atoms with Gasteiger partial charge in [-0.1, -0.05) is 18.9 Å². The second-order valence-corrected chi connectivity index (χ2v) is 4.76. The fourth-order valence-electron chi connectivity index (χ4n) is 2.26. The van der Waals surface area contributed by atoms with Gasteiger partial charge < -0.3 is 4.90 Å². The van der Waals surface area contributed by atoms with E-state index in [4.69, 9.17) is 0 Å². The second kappa shape index (κ2) is 5.46. The molecule has 2 nitrogen and oxygen atoms in total. The minimum absolute atomic E-state index is 0.153. The smallest absolute Gasteiger partial charge is 0.256 e. The van der Waals surface area contributed by atoms with E-state index in [9.17, 15) is 13.6 Å². The molecule has 1 aromatic carbocycles. The summed E-state index contributed by atoms with van der Waals surface area (Å²) in [6.07, 6.45) is 4.05. The molecular formula is C14H17F2NO. The Morgan fingerprint density at radius 2 is 1.67 bits per heavy atom. The Hall–Kier alpha value is -1.45. The summed E-state index contributed by atoms with van der Waals surface area (Å²) in [6, 6.07) is 2.82. The number of hydrogen-bond acceptors (Lipinski definition) is 1. The first-order valence-electron chi connectivity index (χ1n) is 6.35. The average Bonchev–Trinajstić information content (AvgIpc) is 2.64. The van der Waals surface area contributed by atoms with Crippen LogP contribution in [0.4, 0.5) is 8.78 Å². The summed E-state index contributed by atoms with van der Waals surface area (Å²) in [7, 11) is 0. The van der Waals surface area contributed by atoms with Crippen LogP contribution in [0.15, 0.2) is 12.1 Å². The molecule has 1 fully saturated rings. The first-order chi connectivity index (χ1) is 8.61. The molecule has 4 heteroatoms. The van der Waals surface area contributed by atoms with E-state index in [2.05, 4.69) is 0 Å². The van der Waals surface area contributed by atoms with Crippen LogP contribution in [0.1, 0.15) is 41.6 Å². The van der Waals surface area contributed by atoms with Gasteiger partial charge in [-0.15, -0.1) is 0 Å². The van der Waals surface area contributed by atoms with Gasteiger partial charge in [0.05, 0.1) is 5.56 Å². The standard InChI is InChI=1S/C14H17F2NO/c1-10-6-7-11(13(16)12(10)15)14(18)17-8-4-2-3-5-9-17/h6-7H,2-5,8-9H2,1H3. The molecule has 1 heterocycles. The SMILES string of the molecule is Cc1ccc(C(=O)N2CCCCCC2)c(F)c1F. The predicted octanol–water partition coefficient (Wildman–Crippen LogP) is 3.29. The number of carbonyl (C=O) groups is 1. The first kappa shape index (κ1) is 13.0. The molecule has 0 bridgehead atoms. The van der Waals surface area contributed by atoms with Gasteiger partial charge in [0.25, 0.3) is 5.91 Å². The van der Waals surface area contributed by atoms with Crippen LogP contribution < -0.4 is 0 Å². The predicted molar refractivity (Wildman–Crippen MR) is 65.5 cm³/mol. The molecule has 0 saturated carbocycles. The molecule has 0 aliphatic carbocycles. The topological polar surface area (TPSA) is 20.3 Å². The van der Waals surface area contributed by atoms with E-state index in [0.29, 0.717) is 13.1 Å². The number of likely N-dealkylation sites (tertiary alicyclic amines) is 1. The van der Waals surface area contributed by atoms with Gasteiger partial charge in [0.1, 0.15) is 0 Å². The highest BCUT2D eigenvalue weighted by Gasteiger charge is 2.22. The van der Waals surface area contributed by atoms with Gasteiger partial charge in [0, 0.05) is 13.1 Å². The zero-order valence-electron chi connectivity index (χ0n) is 10.5. The largest absolute Gasteiger partial charge is 0.339 e. The number of aryl methyl sites for hydroxylation is 1. The third-order valence-electron chi connectivity index (χ3n) is 3.40. The van der Waals surface area contributed by atoms with E-state index in [1.54, 1.807) is 4.90 Å². The highest BCUT2D eigenvalue weighted by atomic mass is 19.2. The summed E-state index contributed by atoms with van der Waals surface area (Å²) in [4.78, 5) is 13.8. The van der Waals surface area contributed by atoms with Gasteiger partial charge in [0.2, 0.25) is 0 Å². The number of amides is 1. The summed E-state index contributed by atoms with van der Waals surface area (Å²) >= 11 is 0. The van der Waals surface area contributed by atoms with Crippen molar-refractivity contribution in [3.63, 3.8) is 0 Å². The van der Waals surface area contributed by atoms with Gasteiger partial charge in [-0.25, -0.2) is 8.78 Å². The Bertz CT molecular complexity index is 451. The molecule has 0 spiro atoms. The fourth-order valence-corrected chi connectivity index (χ4v) is 2.26. The van der Waals surface area contributed by atoms with Crippen LogP contribution in [0.3, 0.4) is 0 Å². The quantitative estimate of drug-likeness (QED) is 0.752. The van der Waals surface area contributed by atoms with Crippen molar-refractivity contribution in [3.05, 3.63) is 34.9 Å². The summed E-state index contributed by atoms with van der Waals surface area (Å²) in [6.45, 7) is 2.75. The Kier molecular flexibility index (Phi) is 3.94. The maximum absolute atomic E-state index is 13.7. The molecule has 0 radical (unpaired) electrons. The molecule has 1 aromatic rings. The van der Waals surface area contributed by atoms with Crippen molar-refractivity contribution < 1.29 is 13.6 Å².